The molecule has 3 aromatic carbocycles. The fourth-order valence-electron chi connectivity index (χ4n) is 5.36. The van der Waals surface area contributed by atoms with Crippen molar-refractivity contribution < 1.29 is 18.0 Å². The van der Waals surface area contributed by atoms with E-state index in [9.17, 15) is 18.0 Å². The zero-order valence-electron chi connectivity index (χ0n) is 20.6. The lowest BCUT2D eigenvalue weighted by atomic mass is 9.70. The average molecular weight is 504 g/mol. The van der Waals surface area contributed by atoms with Gasteiger partial charge in [-0.3, -0.25) is 4.79 Å². The molecular weight excluding hydrogens is 475 g/mol. The van der Waals surface area contributed by atoms with Crippen LogP contribution in [0.25, 0.3) is 11.1 Å². The minimum atomic E-state index is -0.614. The molecule has 4 nitrogen and oxygen atoms in total. The van der Waals surface area contributed by atoms with E-state index < -0.39 is 17.0 Å². The summed E-state index contributed by atoms with van der Waals surface area (Å²) in [5, 5.41) is 0. The van der Waals surface area contributed by atoms with E-state index in [0.29, 0.717) is 30.6 Å². The first-order valence-electron chi connectivity index (χ1n) is 12.4. The molecule has 2 atom stereocenters. The number of carbonyl (C=O) groups excluding carboxylic acids is 1. The number of carbonyl (C=O) groups is 1. The highest BCUT2D eigenvalue weighted by atomic mass is 19.1. The van der Waals surface area contributed by atoms with Crippen molar-refractivity contribution in [1.82, 2.24) is 14.5 Å². The molecule has 1 amide bonds. The third kappa shape index (κ3) is 5.17. The summed E-state index contributed by atoms with van der Waals surface area (Å²) < 4.78 is 43.2. The van der Waals surface area contributed by atoms with Gasteiger partial charge >= 0.3 is 0 Å². The Hall–Kier alpha value is -3.87. The second-order valence-electron chi connectivity index (χ2n) is 9.77. The van der Waals surface area contributed by atoms with Gasteiger partial charge in [0.1, 0.15) is 17.5 Å². The fraction of sp³-hybridized carbons (Fsp3) is 0.267. The van der Waals surface area contributed by atoms with Gasteiger partial charge in [-0.2, -0.15) is 0 Å². The van der Waals surface area contributed by atoms with Crippen LogP contribution in [0.3, 0.4) is 0 Å². The second kappa shape index (κ2) is 10.2. The number of likely N-dealkylation sites (tertiary alicyclic amines) is 1. The van der Waals surface area contributed by atoms with Gasteiger partial charge in [0.25, 0.3) is 0 Å². The molecule has 7 heteroatoms. The van der Waals surface area contributed by atoms with Crippen molar-refractivity contribution in [2.24, 2.45) is 0 Å². The summed E-state index contributed by atoms with van der Waals surface area (Å²) >= 11 is 0. The fourth-order valence-corrected chi connectivity index (χ4v) is 5.36. The van der Waals surface area contributed by atoms with Crippen molar-refractivity contribution in [3.05, 3.63) is 114 Å². The Morgan fingerprint density at radius 2 is 1.70 bits per heavy atom. The molecule has 1 aromatic heterocycles. The van der Waals surface area contributed by atoms with Gasteiger partial charge in [0.15, 0.2) is 0 Å². The number of imidazole rings is 1. The number of halogens is 3. The van der Waals surface area contributed by atoms with E-state index in [-0.39, 0.29) is 17.8 Å². The number of hydrogen-bond donors (Lipinski definition) is 0. The summed E-state index contributed by atoms with van der Waals surface area (Å²) in [5.41, 5.74) is 2.49. The maximum atomic E-state index is 14.2. The van der Waals surface area contributed by atoms with Gasteiger partial charge in [-0.25, -0.2) is 18.2 Å². The largest absolute Gasteiger partial charge is 0.337 e. The Balaban J connectivity index is 1.34. The number of piperidine rings is 1. The average Bonchev–Trinajstić information content (AvgIpc) is 3.42. The minimum Gasteiger partial charge on any atom is -0.337 e. The van der Waals surface area contributed by atoms with Crippen LogP contribution in [0.1, 0.15) is 43.4 Å². The molecule has 1 fully saturated rings. The highest BCUT2D eigenvalue weighted by molar-refractivity contribution is 5.79. The lowest BCUT2D eigenvalue weighted by Gasteiger charge is -2.44. The molecule has 190 valence electrons. The molecule has 5 rings (SSSR count). The Morgan fingerprint density at radius 1 is 0.973 bits per heavy atom. The third-order valence-electron chi connectivity index (χ3n) is 7.61. The molecule has 0 spiro atoms. The summed E-state index contributed by atoms with van der Waals surface area (Å²) in [7, 11) is 0. The van der Waals surface area contributed by atoms with Crippen molar-refractivity contribution in [2.45, 2.75) is 44.2 Å². The predicted molar refractivity (Wildman–Crippen MR) is 136 cm³/mol. The molecule has 0 saturated carbocycles. The SMILES string of the molecule is C[C@@H](c1ccc(-c2ccc(F)cc2F)cc1)N1CCC(CCn2ccnc2)(c2ccc(F)cc2)CC1=O. The Morgan fingerprint density at radius 3 is 2.35 bits per heavy atom. The molecule has 2 heterocycles. The molecule has 0 N–H and O–H groups in total. The molecule has 1 aliphatic heterocycles. The summed E-state index contributed by atoms with van der Waals surface area (Å²) in [4.78, 5) is 19.5. The van der Waals surface area contributed by atoms with Crippen LogP contribution < -0.4 is 0 Å². The summed E-state index contributed by atoms with van der Waals surface area (Å²) in [6.45, 7) is 3.26. The lowest BCUT2D eigenvalue weighted by Crippen LogP contribution is -2.47. The first-order chi connectivity index (χ1) is 17.8. The summed E-state index contributed by atoms with van der Waals surface area (Å²) in [6, 6.07) is 17.2. The molecular formula is C30H28F3N3O. The first-order valence-corrected chi connectivity index (χ1v) is 12.4. The van der Waals surface area contributed by atoms with E-state index in [1.165, 1.54) is 24.3 Å². The normalized spacial score (nSPS) is 18.7. The van der Waals surface area contributed by atoms with Crippen LogP contribution in [0, 0.1) is 17.5 Å². The van der Waals surface area contributed by atoms with Crippen molar-refractivity contribution in [1.29, 1.82) is 0 Å². The molecule has 0 aliphatic carbocycles. The first kappa shape index (κ1) is 24.8. The van der Waals surface area contributed by atoms with Gasteiger partial charge in [-0.05, 0) is 60.7 Å². The third-order valence-corrected chi connectivity index (χ3v) is 7.61. The molecule has 1 saturated heterocycles. The molecule has 1 aliphatic rings. The van der Waals surface area contributed by atoms with E-state index >= 15 is 0 Å². The van der Waals surface area contributed by atoms with E-state index in [1.54, 1.807) is 36.8 Å². The van der Waals surface area contributed by atoms with E-state index in [2.05, 4.69) is 4.98 Å². The van der Waals surface area contributed by atoms with Crippen LogP contribution in [0.2, 0.25) is 0 Å². The van der Waals surface area contributed by atoms with Crippen molar-refractivity contribution in [3.8, 4) is 11.1 Å². The smallest absolute Gasteiger partial charge is 0.223 e. The monoisotopic (exact) mass is 503 g/mol. The van der Waals surface area contributed by atoms with Gasteiger partial charge in [-0.15, -0.1) is 0 Å². The van der Waals surface area contributed by atoms with Gasteiger partial charge in [0, 0.05) is 48.9 Å². The molecule has 0 bridgehead atoms. The van der Waals surface area contributed by atoms with Gasteiger partial charge in [0.2, 0.25) is 5.91 Å². The van der Waals surface area contributed by atoms with E-state index in [4.69, 9.17) is 0 Å². The van der Waals surface area contributed by atoms with E-state index in [0.717, 1.165) is 30.0 Å². The Bertz CT molecular complexity index is 1370. The highest BCUT2D eigenvalue weighted by Gasteiger charge is 2.41. The van der Waals surface area contributed by atoms with Crippen LogP contribution in [0.4, 0.5) is 13.2 Å². The van der Waals surface area contributed by atoms with Gasteiger partial charge < -0.3 is 9.47 Å². The number of aryl methyl sites for hydroxylation is 1. The lowest BCUT2D eigenvalue weighted by molar-refractivity contribution is -0.138. The van der Waals surface area contributed by atoms with Crippen LogP contribution in [-0.4, -0.2) is 26.9 Å². The number of aromatic nitrogens is 2. The minimum absolute atomic E-state index is 0.0439. The Labute approximate surface area is 214 Å². The summed E-state index contributed by atoms with van der Waals surface area (Å²) in [5.74, 6) is -1.48. The van der Waals surface area contributed by atoms with Crippen molar-refractivity contribution >= 4 is 5.91 Å². The van der Waals surface area contributed by atoms with Gasteiger partial charge in [-0.1, -0.05) is 36.4 Å². The second-order valence-corrected chi connectivity index (χ2v) is 9.77. The highest BCUT2D eigenvalue weighted by Crippen LogP contribution is 2.42. The topological polar surface area (TPSA) is 38.1 Å². The van der Waals surface area contributed by atoms with Crippen LogP contribution in [0.15, 0.2) is 85.5 Å². The van der Waals surface area contributed by atoms with Gasteiger partial charge in [0.05, 0.1) is 12.4 Å². The number of benzene rings is 3. The molecule has 4 aromatic rings. The number of rotatable bonds is 7. The predicted octanol–water partition coefficient (Wildman–Crippen LogP) is 6.68. The zero-order chi connectivity index (χ0) is 26.0. The van der Waals surface area contributed by atoms with Crippen LogP contribution in [-0.2, 0) is 16.8 Å². The van der Waals surface area contributed by atoms with E-state index in [1.807, 2.05) is 34.7 Å². The van der Waals surface area contributed by atoms with Crippen LogP contribution in [0.5, 0.6) is 0 Å². The maximum Gasteiger partial charge on any atom is 0.223 e. The number of amides is 1. The maximum absolute atomic E-state index is 14.2. The standard InChI is InChI=1S/C30H28F3N3O/c1-21(22-2-4-23(5-3-22)27-11-10-26(32)18-28(27)33)36-16-13-30(19-29(36)37,12-15-35-17-14-34-20-35)24-6-8-25(31)9-7-24/h2-11,14,17-18,20-21H,12-13,15-16,19H2,1H3/t21-,30?/m0/s1. The molecule has 37 heavy (non-hydrogen) atoms. The van der Waals surface area contributed by atoms with Crippen molar-refractivity contribution in [2.75, 3.05) is 6.54 Å². The molecule has 0 radical (unpaired) electrons. The number of nitrogens with zero attached hydrogens (tertiary/aromatic N) is 3. The Kier molecular flexibility index (Phi) is 6.87. The summed E-state index contributed by atoms with van der Waals surface area (Å²) in [6.07, 6.45) is 7.22. The quantitative estimate of drug-likeness (QED) is 0.282. The van der Waals surface area contributed by atoms with Crippen molar-refractivity contribution in [3.63, 3.8) is 0 Å². The molecule has 1 unspecified atom stereocenters. The number of hydrogen-bond acceptors (Lipinski definition) is 2. The van der Waals surface area contributed by atoms with Crippen LogP contribution >= 0.6 is 0 Å². The zero-order valence-corrected chi connectivity index (χ0v) is 20.6.